The van der Waals surface area contributed by atoms with Crippen LogP contribution in [0.1, 0.15) is 30.5 Å². The third kappa shape index (κ3) is 5.08. The standard InChI is InChI=1S/C26H30N2O6/c1-2-34-21-9-4-7-19(17-21)24(30)22-23(18-6-3-8-20(29)16-18)28(26(32)25(22)31)11-5-10-27-12-14-33-15-13-27/h3-4,6-9,16-17,23,29-30H,2,5,10-15H2,1H3. The van der Waals surface area contributed by atoms with Crippen LogP contribution in [0.4, 0.5) is 0 Å². The van der Waals surface area contributed by atoms with Crippen molar-refractivity contribution in [3.05, 3.63) is 65.2 Å². The Morgan fingerprint density at radius 1 is 1.09 bits per heavy atom. The average molecular weight is 467 g/mol. The van der Waals surface area contributed by atoms with E-state index < -0.39 is 17.7 Å². The number of ketones is 1. The summed E-state index contributed by atoms with van der Waals surface area (Å²) < 4.78 is 10.9. The number of nitrogens with zero attached hydrogens (tertiary/aromatic N) is 2. The number of rotatable bonds is 8. The van der Waals surface area contributed by atoms with Gasteiger partial charge in [-0.2, -0.15) is 0 Å². The molecule has 180 valence electrons. The zero-order valence-corrected chi connectivity index (χ0v) is 19.3. The van der Waals surface area contributed by atoms with E-state index in [0.29, 0.717) is 49.7 Å². The minimum atomic E-state index is -0.799. The van der Waals surface area contributed by atoms with Crippen molar-refractivity contribution in [3.8, 4) is 11.5 Å². The van der Waals surface area contributed by atoms with Gasteiger partial charge in [0.1, 0.15) is 17.3 Å². The van der Waals surface area contributed by atoms with Crippen LogP contribution in [0.5, 0.6) is 11.5 Å². The molecule has 8 nitrogen and oxygen atoms in total. The molecule has 2 aromatic carbocycles. The van der Waals surface area contributed by atoms with Gasteiger partial charge in [-0.05, 0) is 43.2 Å². The van der Waals surface area contributed by atoms with Crippen LogP contribution in [0.15, 0.2) is 54.1 Å². The summed E-state index contributed by atoms with van der Waals surface area (Å²) in [6.07, 6.45) is 0.669. The maximum atomic E-state index is 13.1. The lowest BCUT2D eigenvalue weighted by Crippen LogP contribution is -2.38. The number of hydrogen-bond acceptors (Lipinski definition) is 7. The molecule has 0 bridgehead atoms. The first-order chi connectivity index (χ1) is 16.5. The van der Waals surface area contributed by atoms with Crippen molar-refractivity contribution in [2.24, 2.45) is 0 Å². The number of phenols is 1. The fraction of sp³-hybridized carbons (Fsp3) is 0.385. The van der Waals surface area contributed by atoms with Crippen molar-refractivity contribution in [1.29, 1.82) is 0 Å². The van der Waals surface area contributed by atoms with Crippen molar-refractivity contribution >= 4 is 17.4 Å². The molecule has 0 saturated carbocycles. The normalized spacial score (nSPS) is 20.6. The van der Waals surface area contributed by atoms with Crippen molar-refractivity contribution in [3.63, 3.8) is 0 Å². The van der Waals surface area contributed by atoms with Crippen LogP contribution in [-0.2, 0) is 14.3 Å². The molecule has 2 heterocycles. The molecule has 0 spiro atoms. The van der Waals surface area contributed by atoms with Crippen LogP contribution < -0.4 is 4.74 Å². The summed E-state index contributed by atoms with van der Waals surface area (Å²) >= 11 is 0. The number of ether oxygens (including phenoxy) is 2. The average Bonchev–Trinajstić information content (AvgIpc) is 3.10. The number of benzene rings is 2. The number of phenolic OH excluding ortho intramolecular Hbond substituents is 1. The van der Waals surface area contributed by atoms with Gasteiger partial charge in [-0.15, -0.1) is 0 Å². The summed E-state index contributed by atoms with van der Waals surface area (Å²) in [4.78, 5) is 30.0. The zero-order chi connectivity index (χ0) is 24.1. The molecular formula is C26H30N2O6. The highest BCUT2D eigenvalue weighted by Gasteiger charge is 2.46. The number of morpholine rings is 1. The summed E-state index contributed by atoms with van der Waals surface area (Å²) in [5, 5.41) is 21.3. The quantitative estimate of drug-likeness (QED) is 0.351. The molecule has 1 unspecified atom stereocenters. The second kappa shape index (κ2) is 10.7. The molecule has 34 heavy (non-hydrogen) atoms. The molecule has 2 N–H and O–H groups in total. The highest BCUT2D eigenvalue weighted by molar-refractivity contribution is 6.46. The van der Waals surface area contributed by atoms with Gasteiger partial charge < -0.3 is 24.6 Å². The van der Waals surface area contributed by atoms with E-state index in [1.807, 2.05) is 6.92 Å². The van der Waals surface area contributed by atoms with Crippen LogP contribution in [-0.4, -0.2) is 77.7 Å². The van der Waals surface area contributed by atoms with E-state index in [2.05, 4.69) is 4.90 Å². The Hall–Kier alpha value is -3.36. The number of aromatic hydroxyl groups is 1. The first kappa shape index (κ1) is 23.8. The zero-order valence-electron chi connectivity index (χ0n) is 19.3. The van der Waals surface area contributed by atoms with Crippen LogP contribution in [0.3, 0.4) is 0 Å². The first-order valence-electron chi connectivity index (χ1n) is 11.6. The highest BCUT2D eigenvalue weighted by atomic mass is 16.5. The largest absolute Gasteiger partial charge is 0.508 e. The predicted molar refractivity (Wildman–Crippen MR) is 127 cm³/mol. The topological polar surface area (TPSA) is 99.5 Å². The van der Waals surface area contributed by atoms with Crippen molar-refractivity contribution < 1.29 is 29.3 Å². The summed E-state index contributed by atoms with van der Waals surface area (Å²) in [5.41, 5.74) is 0.964. The van der Waals surface area contributed by atoms with E-state index in [0.717, 1.165) is 19.6 Å². The van der Waals surface area contributed by atoms with Crippen LogP contribution in [0.25, 0.3) is 5.76 Å². The van der Waals surface area contributed by atoms with Gasteiger partial charge in [-0.3, -0.25) is 14.5 Å². The summed E-state index contributed by atoms with van der Waals surface area (Å²) in [7, 11) is 0. The number of carbonyl (C=O) groups excluding carboxylic acids is 2. The lowest BCUT2D eigenvalue weighted by atomic mass is 9.95. The number of likely N-dealkylation sites (tertiary alicyclic amines) is 1. The van der Waals surface area contributed by atoms with E-state index in [-0.39, 0.29) is 17.1 Å². The minimum absolute atomic E-state index is 0.00983. The minimum Gasteiger partial charge on any atom is -0.508 e. The Balaban J connectivity index is 1.68. The van der Waals surface area contributed by atoms with Crippen LogP contribution in [0, 0.1) is 0 Å². The number of aliphatic hydroxyl groups is 1. The van der Waals surface area contributed by atoms with Gasteiger partial charge in [0.25, 0.3) is 11.7 Å². The fourth-order valence-corrected chi connectivity index (χ4v) is 4.50. The Morgan fingerprint density at radius 3 is 2.59 bits per heavy atom. The number of carbonyl (C=O) groups is 2. The number of hydrogen-bond donors (Lipinski definition) is 2. The third-order valence-electron chi connectivity index (χ3n) is 6.12. The lowest BCUT2D eigenvalue weighted by molar-refractivity contribution is -0.140. The maximum absolute atomic E-state index is 13.1. The van der Waals surface area contributed by atoms with Gasteiger partial charge in [-0.25, -0.2) is 0 Å². The monoisotopic (exact) mass is 466 g/mol. The molecule has 2 aliphatic rings. The molecule has 0 aliphatic carbocycles. The third-order valence-corrected chi connectivity index (χ3v) is 6.12. The summed E-state index contributed by atoms with van der Waals surface area (Å²) in [6.45, 7) is 6.49. The van der Waals surface area contributed by atoms with Gasteiger partial charge >= 0.3 is 0 Å². The van der Waals surface area contributed by atoms with E-state index in [1.54, 1.807) is 36.4 Å². The predicted octanol–water partition coefficient (Wildman–Crippen LogP) is 2.93. The van der Waals surface area contributed by atoms with E-state index in [9.17, 15) is 19.8 Å². The molecular weight excluding hydrogens is 436 g/mol. The second-order valence-electron chi connectivity index (χ2n) is 8.36. The van der Waals surface area contributed by atoms with Crippen LogP contribution >= 0.6 is 0 Å². The van der Waals surface area contributed by atoms with Crippen LogP contribution in [0.2, 0.25) is 0 Å². The molecule has 2 aromatic rings. The van der Waals surface area contributed by atoms with Gasteiger partial charge in [0.15, 0.2) is 0 Å². The van der Waals surface area contributed by atoms with E-state index >= 15 is 0 Å². The molecule has 1 amide bonds. The summed E-state index contributed by atoms with van der Waals surface area (Å²) in [6, 6.07) is 12.5. The van der Waals surface area contributed by atoms with Gasteiger partial charge in [0.2, 0.25) is 0 Å². The van der Waals surface area contributed by atoms with Crippen molar-refractivity contribution in [1.82, 2.24) is 9.80 Å². The lowest BCUT2D eigenvalue weighted by Gasteiger charge is -2.29. The van der Waals surface area contributed by atoms with E-state index in [4.69, 9.17) is 9.47 Å². The number of aliphatic hydroxyl groups excluding tert-OH is 1. The molecule has 0 radical (unpaired) electrons. The number of Topliss-reactive ketones (excluding diaryl/α,β-unsaturated/α-hetero) is 1. The Labute approximate surface area is 199 Å². The molecule has 2 saturated heterocycles. The van der Waals surface area contributed by atoms with Gasteiger partial charge in [0, 0.05) is 31.7 Å². The smallest absolute Gasteiger partial charge is 0.295 e. The molecule has 8 heteroatoms. The Bertz CT molecular complexity index is 1080. The molecule has 1 atom stereocenters. The molecule has 4 rings (SSSR count). The Morgan fingerprint density at radius 2 is 1.85 bits per heavy atom. The van der Waals surface area contributed by atoms with Gasteiger partial charge in [0.05, 0.1) is 31.4 Å². The Kier molecular flexibility index (Phi) is 7.49. The molecule has 0 aromatic heterocycles. The highest BCUT2D eigenvalue weighted by Crippen LogP contribution is 2.40. The maximum Gasteiger partial charge on any atom is 0.295 e. The molecule has 2 fully saturated rings. The summed E-state index contributed by atoms with van der Waals surface area (Å²) in [5.74, 6) is -1.07. The number of amides is 1. The second-order valence-corrected chi connectivity index (χ2v) is 8.36. The fourth-order valence-electron chi connectivity index (χ4n) is 4.50. The van der Waals surface area contributed by atoms with Crippen molar-refractivity contribution in [2.75, 3.05) is 46.0 Å². The van der Waals surface area contributed by atoms with Gasteiger partial charge in [-0.1, -0.05) is 24.3 Å². The SMILES string of the molecule is CCOc1cccc(C(O)=C2C(=O)C(=O)N(CCCN3CCOCC3)C2c2cccc(O)c2)c1. The first-order valence-corrected chi connectivity index (χ1v) is 11.6. The molecule has 2 aliphatic heterocycles. The van der Waals surface area contributed by atoms with E-state index in [1.165, 1.54) is 17.0 Å². The van der Waals surface area contributed by atoms with Crippen molar-refractivity contribution in [2.45, 2.75) is 19.4 Å².